The first-order valence-electron chi connectivity index (χ1n) is 7.63. The largest absolute Gasteiger partial charge is 0.348 e. The number of hydrogen-bond donors (Lipinski definition) is 2. The lowest BCUT2D eigenvalue weighted by atomic mass is 9.97. The molecule has 22 heavy (non-hydrogen) atoms. The highest BCUT2D eigenvalue weighted by Crippen LogP contribution is 2.19. The Morgan fingerprint density at radius 1 is 1.05 bits per heavy atom. The second kappa shape index (κ2) is 8.59. The van der Waals surface area contributed by atoms with Gasteiger partial charge in [0.05, 0.1) is 0 Å². The van der Waals surface area contributed by atoms with Gasteiger partial charge in [-0.3, -0.25) is 9.59 Å². The van der Waals surface area contributed by atoms with Gasteiger partial charge in [-0.05, 0) is 49.8 Å². The van der Waals surface area contributed by atoms with E-state index in [4.69, 9.17) is 11.6 Å². The van der Waals surface area contributed by atoms with Crippen LogP contribution in [-0.2, 0) is 16.1 Å². The molecular weight excluding hydrogens is 300 g/mol. The zero-order valence-electron chi connectivity index (χ0n) is 12.5. The van der Waals surface area contributed by atoms with Gasteiger partial charge in [-0.1, -0.05) is 35.4 Å². The number of hydrogen-bond acceptors (Lipinski definition) is 2. The maximum atomic E-state index is 11.7. The van der Waals surface area contributed by atoms with Gasteiger partial charge in [0, 0.05) is 18.1 Å². The fraction of sp³-hybridized carbons (Fsp3) is 0.412. The number of benzene rings is 1. The summed E-state index contributed by atoms with van der Waals surface area (Å²) >= 11 is 5.79. The minimum atomic E-state index is -0.604. The van der Waals surface area contributed by atoms with Crippen LogP contribution in [0.4, 0.5) is 0 Å². The number of amides is 2. The predicted octanol–water partition coefficient (Wildman–Crippen LogP) is 2.96. The van der Waals surface area contributed by atoms with Gasteiger partial charge in [0.25, 0.3) is 0 Å². The molecule has 2 amide bonds. The van der Waals surface area contributed by atoms with Crippen LogP contribution in [0.3, 0.4) is 0 Å². The standard InChI is InChI=1S/C17H21ClN2O2/c18-15-8-6-14(7-9-15)12-20-17(22)16(21)19-11-10-13-4-2-1-3-5-13/h4,6-9H,1-3,5,10-12H2,(H,19,21)(H,20,22). The predicted molar refractivity (Wildman–Crippen MR) is 87.5 cm³/mol. The maximum Gasteiger partial charge on any atom is 0.309 e. The summed E-state index contributed by atoms with van der Waals surface area (Å²) in [5.74, 6) is -1.18. The van der Waals surface area contributed by atoms with Crippen LogP contribution in [0, 0.1) is 0 Å². The molecule has 0 spiro atoms. The van der Waals surface area contributed by atoms with Gasteiger partial charge in [-0.2, -0.15) is 0 Å². The molecule has 0 saturated heterocycles. The van der Waals surface area contributed by atoms with Crippen molar-refractivity contribution in [3.05, 3.63) is 46.5 Å². The van der Waals surface area contributed by atoms with Crippen molar-refractivity contribution in [3.63, 3.8) is 0 Å². The average molecular weight is 321 g/mol. The average Bonchev–Trinajstić information content (AvgIpc) is 2.55. The molecular formula is C17H21ClN2O2. The van der Waals surface area contributed by atoms with Crippen molar-refractivity contribution in [2.24, 2.45) is 0 Å². The van der Waals surface area contributed by atoms with E-state index in [1.165, 1.54) is 18.4 Å². The van der Waals surface area contributed by atoms with Crippen molar-refractivity contribution in [3.8, 4) is 0 Å². The zero-order valence-corrected chi connectivity index (χ0v) is 13.3. The number of rotatable bonds is 5. The van der Waals surface area contributed by atoms with Crippen LogP contribution in [0.2, 0.25) is 5.02 Å². The van der Waals surface area contributed by atoms with E-state index in [9.17, 15) is 9.59 Å². The van der Waals surface area contributed by atoms with Gasteiger partial charge >= 0.3 is 11.8 Å². The van der Waals surface area contributed by atoms with Crippen molar-refractivity contribution in [2.45, 2.75) is 38.6 Å². The van der Waals surface area contributed by atoms with Crippen LogP contribution in [0.5, 0.6) is 0 Å². The summed E-state index contributed by atoms with van der Waals surface area (Å²) in [5.41, 5.74) is 2.28. The molecule has 0 saturated carbocycles. The first kappa shape index (κ1) is 16.6. The second-order valence-corrected chi connectivity index (χ2v) is 5.86. The van der Waals surface area contributed by atoms with Crippen molar-refractivity contribution in [2.75, 3.05) is 6.54 Å². The normalized spacial score (nSPS) is 14.1. The SMILES string of the molecule is O=C(NCCC1=CCCCC1)C(=O)NCc1ccc(Cl)cc1. The molecule has 1 aliphatic rings. The highest BCUT2D eigenvalue weighted by Gasteiger charge is 2.12. The molecule has 0 bridgehead atoms. The molecule has 5 heteroatoms. The topological polar surface area (TPSA) is 58.2 Å². The van der Waals surface area contributed by atoms with E-state index >= 15 is 0 Å². The van der Waals surface area contributed by atoms with Gasteiger partial charge in [0.15, 0.2) is 0 Å². The molecule has 0 fully saturated rings. The Hall–Kier alpha value is -1.81. The van der Waals surface area contributed by atoms with Crippen LogP contribution in [-0.4, -0.2) is 18.4 Å². The first-order valence-corrected chi connectivity index (χ1v) is 8.01. The minimum Gasteiger partial charge on any atom is -0.348 e. The molecule has 2 N–H and O–H groups in total. The van der Waals surface area contributed by atoms with Crippen LogP contribution in [0.1, 0.15) is 37.7 Å². The summed E-state index contributed by atoms with van der Waals surface area (Å²) in [6.45, 7) is 0.827. The Kier molecular flexibility index (Phi) is 6.46. The molecule has 1 aliphatic carbocycles. The summed E-state index contributed by atoms with van der Waals surface area (Å²) in [6.07, 6.45) is 7.79. The van der Waals surface area contributed by atoms with Crippen molar-refractivity contribution in [1.29, 1.82) is 0 Å². The van der Waals surface area contributed by atoms with E-state index in [1.807, 2.05) is 12.1 Å². The van der Waals surface area contributed by atoms with Crippen LogP contribution >= 0.6 is 11.6 Å². The smallest absolute Gasteiger partial charge is 0.309 e. The molecule has 0 aliphatic heterocycles. The lowest BCUT2D eigenvalue weighted by Crippen LogP contribution is -2.40. The zero-order chi connectivity index (χ0) is 15.8. The van der Waals surface area contributed by atoms with Crippen LogP contribution in [0.25, 0.3) is 0 Å². The fourth-order valence-electron chi connectivity index (χ4n) is 2.41. The summed E-state index contributed by atoms with van der Waals surface area (Å²) in [7, 11) is 0. The molecule has 0 aromatic heterocycles. The Balaban J connectivity index is 1.67. The van der Waals surface area contributed by atoms with Gasteiger partial charge in [-0.25, -0.2) is 0 Å². The van der Waals surface area contributed by atoms with Gasteiger partial charge in [0.2, 0.25) is 0 Å². The lowest BCUT2D eigenvalue weighted by molar-refractivity contribution is -0.139. The summed E-state index contributed by atoms with van der Waals surface area (Å²) in [5, 5.41) is 5.90. The van der Waals surface area contributed by atoms with Crippen molar-refractivity contribution in [1.82, 2.24) is 10.6 Å². The highest BCUT2D eigenvalue weighted by atomic mass is 35.5. The Morgan fingerprint density at radius 2 is 1.77 bits per heavy atom. The third-order valence-electron chi connectivity index (χ3n) is 3.69. The summed E-state index contributed by atoms with van der Waals surface area (Å²) in [4.78, 5) is 23.4. The Morgan fingerprint density at radius 3 is 2.45 bits per heavy atom. The molecule has 1 aromatic carbocycles. The van der Waals surface area contributed by atoms with Crippen molar-refractivity contribution >= 4 is 23.4 Å². The van der Waals surface area contributed by atoms with Gasteiger partial charge in [0.1, 0.15) is 0 Å². The number of halogens is 1. The minimum absolute atomic E-state index is 0.314. The molecule has 0 radical (unpaired) electrons. The molecule has 2 rings (SSSR count). The van der Waals surface area contributed by atoms with E-state index in [2.05, 4.69) is 16.7 Å². The van der Waals surface area contributed by atoms with Crippen LogP contribution < -0.4 is 10.6 Å². The molecule has 1 aromatic rings. The van der Waals surface area contributed by atoms with E-state index in [1.54, 1.807) is 12.1 Å². The summed E-state index contributed by atoms with van der Waals surface area (Å²) in [6, 6.07) is 7.13. The fourth-order valence-corrected chi connectivity index (χ4v) is 2.54. The monoisotopic (exact) mass is 320 g/mol. The van der Waals surface area contributed by atoms with E-state index < -0.39 is 11.8 Å². The van der Waals surface area contributed by atoms with Gasteiger partial charge < -0.3 is 10.6 Å². The molecule has 0 unspecified atom stereocenters. The van der Waals surface area contributed by atoms with Gasteiger partial charge in [-0.15, -0.1) is 0 Å². The first-order chi connectivity index (χ1) is 10.6. The molecule has 0 atom stereocenters. The number of carbonyl (C=O) groups excluding carboxylic acids is 2. The highest BCUT2D eigenvalue weighted by molar-refractivity contribution is 6.35. The Labute approximate surface area is 135 Å². The number of allylic oxidation sites excluding steroid dienone is 1. The maximum absolute atomic E-state index is 11.7. The Bertz CT molecular complexity index is 552. The van der Waals surface area contributed by atoms with E-state index in [-0.39, 0.29) is 0 Å². The molecule has 118 valence electrons. The van der Waals surface area contributed by atoms with Crippen molar-refractivity contribution < 1.29 is 9.59 Å². The van der Waals surface area contributed by atoms with E-state index in [0.29, 0.717) is 18.1 Å². The third-order valence-corrected chi connectivity index (χ3v) is 3.94. The lowest BCUT2D eigenvalue weighted by Gasteiger charge is -2.12. The molecule has 0 heterocycles. The van der Waals surface area contributed by atoms with Crippen LogP contribution in [0.15, 0.2) is 35.9 Å². The quantitative estimate of drug-likeness (QED) is 0.647. The third kappa shape index (κ3) is 5.53. The van der Waals surface area contributed by atoms with E-state index in [0.717, 1.165) is 24.8 Å². The molecule has 4 nitrogen and oxygen atoms in total. The second-order valence-electron chi connectivity index (χ2n) is 5.42. The number of nitrogens with one attached hydrogen (secondary N) is 2. The summed E-state index contributed by atoms with van der Waals surface area (Å²) < 4.78 is 0. The number of carbonyl (C=O) groups is 2.